The van der Waals surface area contributed by atoms with E-state index in [1.54, 1.807) is 12.1 Å². The van der Waals surface area contributed by atoms with E-state index in [9.17, 15) is 8.42 Å². The zero-order valence-corrected chi connectivity index (χ0v) is 13.4. The predicted octanol–water partition coefficient (Wildman–Crippen LogP) is 2.52. The van der Waals surface area contributed by atoms with Gasteiger partial charge in [-0.15, -0.1) is 0 Å². The van der Waals surface area contributed by atoms with E-state index < -0.39 is 10.0 Å². The van der Waals surface area contributed by atoms with Gasteiger partial charge < -0.3 is 10.5 Å². The van der Waals surface area contributed by atoms with Crippen LogP contribution in [0.3, 0.4) is 0 Å². The Balaban J connectivity index is 2.20. The summed E-state index contributed by atoms with van der Waals surface area (Å²) in [5.41, 5.74) is 6.14. The minimum absolute atomic E-state index is 0.00195. The van der Waals surface area contributed by atoms with Crippen molar-refractivity contribution in [3.05, 3.63) is 18.2 Å². The van der Waals surface area contributed by atoms with E-state index in [1.807, 2.05) is 6.92 Å². The molecule has 3 N–H and O–H groups in total. The molecule has 0 aliphatic heterocycles. The Morgan fingerprint density at radius 3 is 2.57 bits per heavy atom. The highest BCUT2D eigenvalue weighted by Crippen LogP contribution is 2.29. The van der Waals surface area contributed by atoms with Crippen molar-refractivity contribution >= 4 is 15.7 Å². The first kappa shape index (κ1) is 16.1. The van der Waals surface area contributed by atoms with Crippen molar-refractivity contribution in [2.45, 2.75) is 50.5 Å². The fourth-order valence-corrected chi connectivity index (χ4v) is 4.15. The van der Waals surface area contributed by atoms with Gasteiger partial charge in [0, 0.05) is 11.7 Å². The molecule has 2 rings (SSSR count). The molecule has 0 atom stereocenters. The Bertz CT molecular complexity index is 579. The molecule has 1 aromatic rings. The van der Waals surface area contributed by atoms with Gasteiger partial charge in [-0.3, -0.25) is 0 Å². The second kappa shape index (κ2) is 6.66. The lowest BCUT2D eigenvalue weighted by molar-refractivity contribution is 0.325. The summed E-state index contributed by atoms with van der Waals surface area (Å²) >= 11 is 0. The zero-order chi connectivity index (χ0) is 15.5. The standard InChI is InChI=1S/C15H24N2O3S/c1-3-20-14-9-6-12(16)10-15(14)21(18,19)17-13-7-4-11(2)5-8-13/h6,9-11,13,17H,3-5,7-8,16H2,1-2H3. The van der Waals surface area contributed by atoms with Gasteiger partial charge in [0.2, 0.25) is 10.0 Å². The van der Waals surface area contributed by atoms with Crippen LogP contribution in [0, 0.1) is 5.92 Å². The molecule has 0 aromatic heterocycles. The minimum atomic E-state index is -3.61. The zero-order valence-electron chi connectivity index (χ0n) is 12.6. The van der Waals surface area contributed by atoms with Gasteiger partial charge >= 0.3 is 0 Å². The highest BCUT2D eigenvalue weighted by atomic mass is 32.2. The van der Waals surface area contributed by atoms with Crippen LogP contribution >= 0.6 is 0 Å². The number of rotatable bonds is 5. The number of sulfonamides is 1. The van der Waals surface area contributed by atoms with Gasteiger partial charge in [0.05, 0.1) is 6.61 Å². The number of nitrogens with one attached hydrogen (secondary N) is 1. The van der Waals surface area contributed by atoms with Crippen molar-refractivity contribution in [1.29, 1.82) is 0 Å². The highest BCUT2D eigenvalue weighted by Gasteiger charge is 2.26. The predicted molar refractivity (Wildman–Crippen MR) is 83.8 cm³/mol. The maximum atomic E-state index is 12.6. The molecule has 0 radical (unpaired) electrons. The fraction of sp³-hybridized carbons (Fsp3) is 0.600. The number of anilines is 1. The van der Waals surface area contributed by atoms with E-state index in [4.69, 9.17) is 10.5 Å². The number of nitrogen functional groups attached to an aromatic ring is 1. The molecule has 5 nitrogen and oxygen atoms in total. The Morgan fingerprint density at radius 1 is 1.29 bits per heavy atom. The third kappa shape index (κ3) is 4.11. The third-order valence-electron chi connectivity index (χ3n) is 3.89. The average Bonchev–Trinajstić information content (AvgIpc) is 2.43. The summed E-state index contributed by atoms with van der Waals surface area (Å²) in [5.74, 6) is 1.03. The first-order valence-corrected chi connectivity index (χ1v) is 8.95. The van der Waals surface area contributed by atoms with Gasteiger partial charge in [0.15, 0.2) is 0 Å². The number of ether oxygens (including phenoxy) is 1. The van der Waals surface area contributed by atoms with Gasteiger partial charge in [0.1, 0.15) is 10.6 Å². The first-order valence-electron chi connectivity index (χ1n) is 7.47. The summed E-state index contributed by atoms with van der Waals surface area (Å²) < 4.78 is 33.4. The van der Waals surface area contributed by atoms with Gasteiger partial charge in [-0.25, -0.2) is 13.1 Å². The number of benzene rings is 1. The summed E-state index contributed by atoms with van der Waals surface area (Å²) in [5, 5.41) is 0. The number of nitrogens with two attached hydrogens (primary N) is 1. The molecule has 1 aliphatic rings. The molecule has 118 valence electrons. The fourth-order valence-electron chi connectivity index (χ4n) is 2.67. The van der Waals surface area contributed by atoms with Crippen LogP contribution < -0.4 is 15.2 Å². The molecule has 0 saturated heterocycles. The minimum Gasteiger partial charge on any atom is -0.492 e. The van der Waals surface area contributed by atoms with Crippen molar-refractivity contribution < 1.29 is 13.2 Å². The van der Waals surface area contributed by atoms with E-state index in [-0.39, 0.29) is 10.9 Å². The molecule has 1 fully saturated rings. The van der Waals surface area contributed by atoms with Crippen LogP contribution in [0.25, 0.3) is 0 Å². The maximum Gasteiger partial charge on any atom is 0.244 e. The molecule has 0 heterocycles. The summed E-state index contributed by atoms with van der Waals surface area (Å²) in [6.07, 6.45) is 3.88. The summed E-state index contributed by atoms with van der Waals surface area (Å²) in [6, 6.07) is 4.71. The normalized spacial score (nSPS) is 23.0. The largest absolute Gasteiger partial charge is 0.492 e. The van der Waals surface area contributed by atoms with Gasteiger partial charge in [-0.05, 0) is 56.7 Å². The van der Waals surface area contributed by atoms with Gasteiger partial charge in [0.25, 0.3) is 0 Å². The maximum absolute atomic E-state index is 12.6. The quantitative estimate of drug-likeness (QED) is 0.819. The second-order valence-electron chi connectivity index (χ2n) is 5.72. The lowest BCUT2D eigenvalue weighted by Crippen LogP contribution is -2.37. The van der Waals surface area contributed by atoms with E-state index in [2.05, 4.69) is 11.6 Å². The lowest BCUT2D eigenvalue weighted by Gasteiger charge is -2.27. The molecule has 6 heteroatoms. The summed E-state index contributed by atoms with van der Waals surface area (Å²) in [6.45, 7) is 4.44. The van der Waals surface area contributed by atoms with E-state index in [1.165, 1.54) is 6.07 Å². The van der Waals surface area contributed by atoms with Crippen LogP contribution in [0.15, 0.2) is 23.1 Å². The molecule has 0 amide bonds. The highest BCUT2D eigenvalue weighted by molar-refractivity contribution is 7.89. The van der Waals surface area contributed by atoms with Crippen molar-refractivity contribution in [2.75, 3.05) is 12.3 Å². The van der Waals surface area contributed by atoms with E-state index in [0.29, 0.717) is 24.0 Å². The Hall–Kier alpha value is -1.27. The number of hydrogen-bond acceptors (Lipinski definition) is 4. The van der Waals surface area contributed by atoms with Crippen molar-refractivity contribution in [2.24, 2.45) is 5.92 Å². The van der Waals surface area contributed by atoms with Crippen molar-refractivity contribution in [1.82, 2.24) is 4.72 Å². The first-order chi connectivity index (χ1) is 9.92. The van der Waals surface area contributed by atoms with Crippen LogP contribution in [0.2, 0.25) is 0 Å². The van der Waals surface area contributed by atoms with Crippen LogP contribution in [0.4, 0.5) is 5.69 Å². The molecule has 1 saturated carbocycles. The third-order valence-corrected chi connectivity index (χ3v) is 5.44. The monoisotopic (exact) mass is 312 g/mol. The molecule has 1 aliphatic carbocycles. The molecular weight excluding hydrogens is 288 g/mol. The smallest absolute Gasteiger partial charge is 0.244 e. The van der Waals surface area contributed by atoms with Crippen LogP contribution in [0.5, 0.6) is 5.75 Å². The van der Waals surface area contributed by atoms with Crippen LogP contribution in [-0.4, -0.2) is 21.1 Å². The van der Waals surface area contributed by atoms with E-state index in [0.717, 1.165) is 25.7 Å². The lowest BCUT2D eigenvalue weighted by atomic mass is 9.88. The number of hydrogen-bond donors (Lipinski definition) is 2. The molecular formula is C15H24N2O3S. The average molecular weight is 312 g/mol. The van der Waals surface area contributed by atoms with Crippen molar-refractivity contribution in [3.63, 3.8) is 0 Å². The molecule has 0 spiro atoms. The second-order valence-corrected chi connectivity index (χ2v) is 7.40. The van der Waals surface area contributed by atoms with Crippen molar-refractivity contribution in [3.8, 4) is 5.75 Å². The Kier molecular flexibility index (Phi) is 5.11. The van der Waals surface area contributed by atoms with Crippen LogP contribution in [0.1, 0.15) is 39.5 Å². The van der Waals surface area contributed by atoms with Crippen LogP contribution in [-0.2, 0) is 10.0 Å². The Labute approximate surface area is 126 Å². The molecule has 0 unspecified atom stereocenters. The SMILES string of the molecule is CCOc1ccc(N)cc1S(=O)(=O)NC1CCC(C)CC1. The molecule has 0 bridgehead atoms. The van der Waals surface area contributed by atoms with Gasteiger partial charge in [-0.2, -0.15) is 0 Å². The summed E-state index contributed by atoms with van der Waals surface area (Å²) in [4.78, 5) is 0.128. The van der Waals surface area contributed by atoms with Gasteiger partial charge in [-0.1, -0.05) is 6.92 Å². The topological polar surface area (TPSA) is 81.4 Å². The summed E-state index contributed by atoms with van der Waals surface area (Å²) in [7, 11) is -3.61. The van der Waals surface area contributed by atoms with E-state index >= 15 is 0 Å². The molecule has 1 aromatic carbocycles. The molecule has 21 heavy (non-hydrogen) atoms. The Morgan fingerprint density at radius 2 is 1.95 bits per heavy atom.